The zero-order valence-corrected chi connectivity index (χ0v) is 20.5. The molecule has 1 heterocycles. The smallest absolute Gasteiger partial charge is 0.326 e. The number of hydrogen-bond acceptors (Lipinski definition) is 6. The van der Waals surface area contributed by atoms with Gasteiger partial charge in [0.05, 0.1) is 5.69 Å². The maximum Gasteiger partial charge on any atom is 0.326 e. The second-order valence-corrected chi connectivity index (χ2v) is 10.1. The van der Waals surface area contributed by atoms with Crippen molar-refractivity contribution < 1.29 is 14.7 Å². The van der Waals surface area contributed by atoms with Gasteiger partial charge in [0.1, 0.15) is 11.9 Å². The summed E-state index contributed by atoms with van der Waals surface area (Å²) in [6.45, 7) is 4.45. The third kappa shape index (κ3) is 7.20. The largest absolute Gasteiger partial charge is 0.480 e. The summed E-state index contributed by atoms with van der Waals surface area (Å²) in [6, 6.07) is -0.926. The number of nitrogens with zero attached hydrogens (tertiary/aromatic N) is 3. The van der Waals surface area contributed by atoms with Crippen molar-refractivity contribution in [3.63, 3.8) is 0 Å². The third-order valence-corrected chi connectivity index (χ3v) is 6.63. The van der Waals surface area contributed by atoms with Crippen LogP contribution in [0.25, 0.3) is 0 Å². The lowest BCUT2D eigenvalue weighted by Gasteiger charge is -2.30. The number of anilines is 2. The molecule has 0 aromatic carbocycles. The second-order valence-electron chi connectivity index (χ2n) is 10.1. The molecule has 2 aliphatic rings. The van der Waals surface area contributed by atoms with Gasteiger partial charge in [-0.25, -0.2) is 14.6 Å². The molecule has 33 heavy (non-hydrogen) atoms. The number of aryl methyl sites for hydroxylation is 1. The lowest BCUT2D eigenvalue weighted by Crippen LogP contribution is -2.47. The van der Waals surface area contributed by atoms with Crippen molar-refractivity contribution in [1.82, 2.24) is 20.6 Å². The number of aromatic nitrogens is 2. The van der Waals surface area contributed by atoms with Gasteiger partial charge in [-0.2, -0.15) is 4.98 Å². The minimum Gasteiger partial charge on any atom is -0.480 e. The molecule has 0 bridgehead atoms. The summed E-state index contributed by atoms with van der Waals surface area (Å²) in [5, 5.41) is 18.3. The predicted octanol–water partition coefficient (Wildman–Crippen LogP) is 3.19. The number of nitrogens with one attached hydrogen (secondary N) is 3. The van der Waals surface area contributed by atoms with Gasteiger partial charge < -0.3 is 26.0 Å². The maximum atomic E-state index is 12.2. The van der Waals surface area contributed by atoms with Crippen LogP contribution >= 0.6 is 0 Å². The standard InChI is InChI=1S/C24H40N6O3/c1-15(2)13-20(22(31)32)28-24(33)25-14-16-9-11-17(12-10-16)26-23-27-19-8-6-5-7-18(19)21(29-23)30(3)4/h15-17,20H,5-14H2,1-4H3,(H,31,32)(H2,25,28,33)(H,26,27,29)/t16?,17?,20-/m0/s1. The van der Waals surface area contributed by atoms with Gasteiger partial charge in [0, 0.05) is 32.2 Å². The number of carboxylic acid groups (broad SMARTS) is 1. The Kier molecular flexibility index (Phi) is 8.74. The summed E-state index contributed by atoms with van der Waals surface area (Å²) < 4.78 is 0. The van der Waals surface area contributed by atoms with Crippen LogP contribution < -0.4 is 20.9 Å². The number of carbonyl (C=O) groups excluding carboxylic acids is 1. The van der Waals surface area contributed by atoms with Gasteiger partial charge in [0.15, 0.2) is 0 Å². The van der Waals surface area contributed by atoms with E-state index in [1.807, 2.05) is 27.9 Å². The second kappa shape index (κ2) is 11.5. The number of amides is 2. The highest BCUT2D eigenvalue weighted by Crippen LogP contribution is 2.30. The molecular weight excluding hydrogens is 420 g/mol. The number of carboxylic acids is 1. The first-order valence-electron chi connectivity index (χ1n) is 12.3. The van der Waals surface area contributed by atoms with Crippen LogP contribution in [-0.4, -0.2) is 59.8 Å². The molecule has 0 radical (unpaired) electrons. The normalized spacial score (nSPS) is 21.1. The van der Waals surface area contributed by atoms with Gasteiger partial charge in [-0.05, 0) is 69.6 Å². The number of aliphatic carboxylic acids is 1. The van der Waals surface area contributed by atoms with Crippen LogP contribution in [0.4, 0.5) is 16.6 Å². The van der Waals surface area contributed by atoms with E-state index in [2.05, 4.69) is 20.9 Å². The van der Waals surface area contributed by atoms with Crippen LogP contribution in [0.15, 0.2) is 0 Å². The number of hydrogen-bond donors (Lipinski definition) is 4. The highest BCUT2D eigenvalue weighted by atomic mass is 16.4. The number of carbonyl (C=O) groups is 2. The van der Waals surface area contributed by atoms with E-state index in [0.717, 1.165) is 50.3 Å². The molecule has 0 unspecified atom stereocenters. The van der Waals surface area contributed by atoms with Crippen LogP contribution in [0.2, 0.25) is 0 Å². The quantitative estimate of drug-likeness (QED) is 0.447. The minimum absolute atomic E-state index is 0.196. The first kappa shape index (κ1) is 25.1. The van der Waals surface area contributed by atoms with E-state index < -0.39 is 18.0 Å². The van der Waals surface area contributed by atoms with Crippen LogP contribution in [0.1, 0.15) is 70.1 Å². The fourth-order valence-corrected chi connectivity index (χ4v) is 4.84. The summed E-state index contributed by atoms with van der Waals surface area (Å²) in [6.07, 6.45) is 8.87. The molecule has 4 N–H and O–H groups in total. The van der Waals surface area contributed by atoms with Gasteiger partial charge in [-0.1, -0.05) is 13.8 Å². The Labute approximate surface area is 197 Å². The first-order valence-corrected chi connectivity index (χ1v) is 12.3. The van der Waals surface area contributed by atoms with E-state index in [4.69, 9.17) is 9.97 Å². The van der Waals surface area contributed by atoms with Crippen molar-refractivity contribution in [2.75, 3.05) is 30.9 Å². The van der Waals surface area contributed by atoms with Crippen molar-refractivity contribution in [2.45, 2.75) is 83.7 Å². The van der Waals surface area contributed by atoms with Crippen molar-refractivity contribution in [2.24, 2.45) is 11.8 Å². The molecule has 2 aliphatic carbocycles. The minimum atomic E-state index is -0.993. The molecule has 0 spiro atoms. The molecule has 1 atom stereocenters. The molecule has 0 aliphatic heterocycles. The van der Waals surface area contributed by atoms with Crippen molar-refractivity contribution in [3.05, 3.63) is 11.3 Å². The van der Waals surface area contributed by atoms with Crippen LogP contribution in [-0.2, 0) is 17.6 Å². The Morgan fingerprint density at radius 1 is 1.09 bits per heavy atom. The first-order chi connectivity index (χ1) is 15.7. The molecule has 0 saturated heterocycles. The predicted molar refractivity (Wildman–Crippen MR) is 130 cm³/mol. The highest BCUT2D eigenvalue weighted by molar-refractivity contribution is 5.82. The average molecular weight is 461 g/mol. The molecule has 1 saturated carbocycles. The lowest BCUT2D eigenvalue weighted by atomic mass is 9.86. The van der Waals surface area contributed by atoms with Crippen LogP contribution in [0.3, 0.4) is 0 Å². The summed E-state index contributed by atoms with van der Waals surface area (Å²) in [7, 11) is 4.08. The summed E-state index contributed by atoms with van der Waals surface area (Å²) in [4.78, 5) is 35.2. The SMILES string of the molecule is CC(C)C[C@H](NC(=O)NCC1CCC(Nc2nc3c(c(N(C)C)n2)CCCC3)CC1)C(=O)O. The van der Waals surface area contributed by atoms with E-state index in [0.29, 0.717) is 24.9 Å². The zero-order valence-electron chi connectivity index (χ0n) is 20.5. The highest BCUT2D eigenvalue weighted by Gasteiger charge is 2.25. The van der Waals surface area contributed by atoms with Gasteiger partial charge in [0.2, 0.25) is 5.95 Å². The lowest BCUT2D eigenvalue weighted by molar-refractivity contribution is -0.139. The van der Waals surface area contributed by atoms with E-state index in [1.165, 1.54) is 24.1 Å². The van der Waals surface area contributed by atoms with E-state index in [9.17, 15) is 14.7 Å². The number of urea groups is 1. The maximum absolute atomic E-state index is 12.2. The fraction of sp³-hybridized carbons (Fsp3) is 0.750. The van der Waals surface area contributed by atoms with Gasteiger partial charge in [-0.3, -0.25) is 0 Å². The number of fused-ring (bicyclic) bond motifs is 1. The zero-order chi connectivity index (χ0) is 24.0. The molecule has 2 amide bonds. The van der Waals surface area contributed by atoms with Crippen molar-refractivity contribution >= 4 is 23.8 Å². The molecule has 9 heteroatoms. The molecular formula is C24H40N6O3. The Morgan fingerprint density at radius 2 is 1.79 bits per heavy atom. The molecule has 184 valence electrons. The average Bonchev–Trinajstić information content (AvgIpc) is 2.77. The van der Waals surface area contributed by atoms with Gasteiger partial charge >= 0.3 is 12.0 Å². The Morgan fingerprint density at radius 3 is 2.42 bits per heavy atom. The third-order valence-electron chi connectivity index (χ3n) is 6.63. The van der Waals surface area contributed by atoms with Crippen LogP contribution in [0.5, 0.6) is 0 Å². The van der Waals surface area contributed by atoms with Crippen molar-refractivity contribution in [3.8, 4) is 0 Å². The Hall–Kier alpha value is -2.58. The monoisotopic (exact) mass is 460 g/mol. The topological polar surface area (TPSA) is 119 Å². The summed E-state index contributed by atoms with van der Waals surface area (Å²) in [5.74, 6) is 1.35. The number of rotatable bonds is 9. The van der Waals surface area contributed by atoms with E-state index in [-0.39, 0.29) is 5.92 Å². The van der Waals surface area contributed by atoms with E-state index in [1.54, 1.807) is 0 Å². The van der Waals surface area contributed by atoms with Crippen LogP contribution in [0, 0.1) is 11.8 Å². The fourth-order valence-electron chi connectivity index (χ4n) is 4.84. The molecule has 1 fully saturated rings. The van der Waals surface area contributed by atoms with Crippen molar-refractivity contribution in [1.29, 1.82) is 0 Å². The molecule has 1 aromatic heterocycles. The Balaban J connectivity index is 1.46. The molecule has 3 rings (SSSR count). The van der Waals surface area contributed by atoms with Gasteiger partial charge in [-0.15, -0.1) is 0 Å². The molecule has 1 aromatic rings. The van der Waals surface area contributed by atoms with Gasteiger partial charge in [0.25, 0.3) is 0 Å². The Bertz CT molecular complexity index is 821. The van der Waals surface area contributed by atoms with E-state index >= 15 is 0 Å². The molecule has 9 nitrogen and oxygen atoms in total. The summed E-state index contributed by atoms with van der Waals surface area (Å²) >= 11 is 0. The summed E-state index contributed by atoms with van der Waals surface area (Å²) in [5.41, 5.74) is 2.48.